The van der Waals surface area contributed by atoms with Crippen molar-refractivity contribution >= 4 is 23.8 Å². The number of nitrogens with zero attached hydrogens (tertiary/aromatic N) is 1. The molecule has 12 nitrogen and oxygen atoms in total. The van der Waals surface area contributed by atoms with Gasteiger partial charge in [-0.2, -0.15) is 0 Å². The third-order valence-corrected chi connectivity index (χ3v) is 6.32. The fourth-order valence-electron chi connectivity index (χ4n) is 4.40. The average molecular weight is 576 g/mol. The van der Waals surface area contributed by atoms with Crippen LogP contribution in [0.15, 0.2) is 85.5 Å². The summed E-state index contributed by atoms with van der Waals surface area (Å²) >= 11 is 0. The Hall–Kier alpha value is -5.23. The molecular weight excluding hydrogens is 546 g/mol. The number of nitrogens with one attached hydrogen (secondary N) is 2. The van der Waals surface area contributed by atoms with Crippen molar-refractivity contribution in [2.75, 3.05) is 33.0 Å². The molecule has 1 aliphatic rings. The summed E-state index contributed by atoms with van der Waals surface area (Å²) in [6.07, 6.45) is -0.221. The van der Waals surface area contributed by atoms with Crippen molar-refractivity contribution in [3.8, 4) is 16.9 Å². The van der Waals surface area contributed by atoms with Crippen LogP contribution < -0.4 is 15.4 Å². The molecule has 1 aliphatic carbocycles. The van der Waals surface area contributed by atoms with Crippen molar-refractivity contribution in [1.82, 2.24) is 10.6 Å². The molecule has 3 aromatic carbocycles. The maximum Gasteiger partial charge on any atom is 0.412 e. The van der Waals surface area contributed by atoms with E-state index in [9.17, 15) is 24.5 Å². The van der Waals surface area contributed by atoms with Crippen molar-refractivity contribution in [1.29, 1.82) is 0 Å². The number of carbonyl (C=O) groups excluding carboxylic acids is 3. The summed E-state index contributed by atoms with van der Waals surface area (Å²) in [6, 6.07) is 19.7. The van der Waals surface area contributed by atoms with Gasteiger partial charge in [0.2, 0.25) is 0 Å². The zero-order valence-electron chi connectivity index (χ0n) is 22.5. The van der Waals surface area contributed by atoms with Crippen LogP contribution in [0.25, 0.3) is 11.1 Å². The monoisotopic (exact) mass is 575 g/mol. The van der Waals surface area contributed by atoms with Crippen LogP contribution >= 0.6 is 0 Å². The number of ether oxygens (including phenoxy) is 4. The van der Waals surface area contributed by atoms with Crippen LogP contribution in [0, 0.1) is 10.1 Å². The Morgan fingerprint density at radius 2 is 1.57 bits per heavy atom. The Labute approximate surface area is 241 Å². The van der Waals surface area contributed by atoms with Crippen LogP contribution in [0.1, 0.15) is 17.0 Å². The maximum absolute atomic E-state index is 12.7. The number of nitro benzene ring substituents is 1. The number of hydrogen-bond donors (Lipinski definition) is 2. The lowest BCUT2D eigenvalue weighted by Gasteiger charge is -2.19. The summed E-state index contributed by atoms with van der Waals surface area (Å²) in [5.41, 5.74) is 4.15. The molecule has 0 fully saturated rings. The molecule has 3 aromatic rings. The number of carbonyl (C=O) groups is 3. The molecule has 2 N–H and O–H groups in total. The van der Waals surface area contributed by atoms with E-state index in [0.29, 0.717) is 0 Å². The van der Waals surface area contributed by atoms with Crippen LogP contribution in [0.2, 0.25) is 0 Å². The molecule has 4 rings (SSSR count). The van der Waals surface area contributed by atoms with E-state index in [-0.39, 0.29) is 50.3 Å². The number of alkyl carbamates (subject to hydrolysis) is 1. The fraction of sp³-hybridized carbons (Fsp3) is 0.233. The van der Waals surface area contributed by atoms with Gasteiger partial charge in [0, 0.05) is 24.6 Å². The highest BCUT2D eigenvalue weighted by molar-refractivity contribution is 5.82. The maximum atomic E-state index is 12.7. The van der Waals surface area contributed by atoms with Gasteiger partial charge in [0.05, 0.1) is 18.1 Å². The van der Waals surface area contributed by atoms with Gasteiger partial charge in [-0.1, -0.05) is 61.2 Å². The molecule has 1 atom stereocenters. The van der Waals surface area contributed by atoms with Crippen LogP contribution in [0.4, 0.5) is 15.3 Å². The van der Waals surface area contributed by atoms with Crippen LogP contribution in [-0.4, -0.2) is 62.1 Å². The molecule has 0 spiro atoms. The second-order valence-corrected chi connectivity index (χ2v) is 9.08. The molecule has 0 saturated carbocycles. The molecule has 2 amide bonds. The minimum atomic E-state index is -1.17. The van der Waals surface area contributed by atoms with Crippen LogP contribution in [0.3, 0.4) is 0 Å². The van der Waals surface area contributed by atoms with E-state index in [1.807, 2.05) is 48.5 Å². The molecule has 0 bridgehead atoms. The van der Waals surface area contributed by atoms with Gasteiger partial charge in [0.15, 0.2) is 6.04 Å². The van der Waals surface area contributed by atoms with E-state index < -0.39 is 29.1 Å². The molecule has 0 aromatic heterocycles. The second kappa shape index (κ2) is 14.4. The normalized spacial score (nSPS) is 12.3. The first-order valence-electron chi connectivity index (χ1n) is 13.0. The molecule has 0 unspecified atom stereocenters. The summed E-state index contributed by atoms with van der Waals surface area (Å²) in [5.74, 6) is -0.771. The Morgan fingerprint density at radius 3 is 2.19 bits per heavy atom. The number of rotatable bonds is 13. The Morgan fingerprint density at radius 1 is 0.929 bits per heavy atom. The molecular formula is C30H29N3O9. The van der Waals surface area contributed by atoms with Gasteiger partial charge in [0.1, 0.15) is 19.0 Å². The topological polar surface area (TPSA) is 155 Å². The van der Waals surface area contributed by atoms with Gasteiger partial charge in [0.25, 0.3) is 5.69 Å². The number of benzene rings is 3. The van der Waals surface area contributed by atoms with Crippen molar-refractivity contribution in [3.05, 3.63) is 107 Å². The van der Waals surface area contributed by atoms with Gasteiger partial charge in [-0.25, -0.2) is 14.4 Å². The summed E-state index contributed by atoms with van der Waals surface area (Å²) in [6.45, 7) is 3.26. The van der Waals surface area contributed by atoms with Crippen LogP contribution in [-0.2, 0) is 19.0 Å². The van der Waals surface area contributed by atoms with Gasteiger partial charge in [-0.3, -0.25) is 10.1 Å². The first-order chi connectivity index (χ1) is 20.4. The molecule has 0 heterocycles. The average Bonchev–Trinajstić information content (AvgIpc) is 3.31. The van der Waals surface area contributed by atoms with Crippen molar-refractivity contribution < 1.29 is 38.3 Å². The van der Waals surface area contributed by atoms with Crippen molar-refractivity contribution in [2.24, 2.45) is 0 Å². The fourth-order valence-corrected chi connectivity index (χ4v) is 4.40. The third kappa shape index (κ3) is 7.70. The standard InChI is InChI=1S/C30H29N3O9/c1-2-16-40-28(34)27(19-39-17-15-31-29(35)42-21-13-11-20(12-14-21)33(37)38)32-30(36)41-18-26-24-9-5-3-7-22(24)23-8-4-6-10-25(23)26/h2-14,26-27H,1,15-19H2,(H,31,35)(H,32,36)/t27-/m0/s1. The highest BCUT2D eigenvalue weighted by Crippen LogP contribution is 2.44. The molecule has 0 saturated heterocycles. The van der Waals surface area contributed by atoms with Gasteiger partial charge in [-0.05, 0) is 34.4 Å². The highest BCUT2D eigenvalue weighted by atomic mass is 16.6. The van der Waals surface area contributed by atoms with Gasteiger partial charge >= 0.3 is 18.2 Å². The van der Waals surface area contributed by atoms with Crippen LogP contribution in [0.5, 0.6) is 5.75 Å². The SMILES string of the molecule is C=CCOC(=O)[C@H](COCCNC(=O)Oc1ccc([N+](=O)[O-])cc1)NC(=O)OCC1c2ccccc2-c2ccccc21. The predicted octanol–water partition coefficient (Wildman–Crippen LogP) is 4.34. The number of esters is 1. The Kier molecular flexibility index (Phi) is 10.2. The second-order valence-electron chi connectivity index (χ2n) is 9.08. The highest BCUT2D eigenvalue weighted by Gasteiger charge is 2.30. The number of amides is 2. The first-order valence-corrected chi connectivity index (χ1v) is 13.0. The number of non-ortho nitro benzene ring substituents is 1. The molecule has 12 heteroatoms. The summed E-state index contributed by atoms with van der Waals surface area (Å²) in [7, 11) is 0. The summed E-state index contributed by atoms with van der Waals surface area (Å²) in [5, 5.41) is 15.7. The minimum absolute atomic E-state index is 0.0190. The first kappa shape index (κ1) is 29.7. The van der Waals surface area contributed by atoms with Crippen molar-refractivity contribution in [2.45, 2.75) is 12.0 Å². The number of fused-ring (bicyclic) bond motifs is 3. The molecule has 42 heavy (non-hydrogen) atoms. The summed E-state index contributed by atoms with van der Waals surface area (Å²) < 4.78 is 21.1. The smallest absolute Gasteiger partial charge is 0.412 e. The van der Waals surface area contributed by atoms with E-state index in [4.69, 9.17) is 18.9 Å². The third-order valence-electron chi connectivity index (χ3n) is 6.32. The minimum Gasteiger partial charge on any atom is -0.460 e. The summed E-state index contributed by atoms with van der Waals surface area (Å²) in [4.78, 5) is 47.3. The lowest BCUT2D eigenvalue weighted by atomic mass is 9.98. The molecule has 0 radical (unpaired) electrons. The zero-order valence-corrected chi connectivity index (χ0v) is 22.5. The molecule has 218 valence electrons. The largest absolute Gasteiger partial charge is 0.460 e. The van der Waals surface area contributed by atoms with Gasteiger partial charge in [-0.15, -0.1) is 0 Å². The van der Waals surface area contributed by atoms with E-state index in [1.54, 1.807) is 0 Å². The van der Waals surface area contributed by atoms with E-state index >= 15 is 0 Å². The van der Waals surface area contributed by atoms with E-state index in [1.165, 1.54) is 30.3 Å². The van der Waals surface area contributed by atoms with Crippen molar-refractivity contribution in [3.63, 3.8) is 0 Å². The predicted molar refractivity (Wildman–Crippen MR) is 151 cm³/mol. The lowest BCUT2D eigenvalue weighted by molar-refractivity contribution is -0.384. The quantitative estimate of drug-likeness (QED) is 0.0995. The lowest BCUT2D eigenvalue weighted by Crippen LogP contribution is -2.46. The zero-order chi connectivity index (χ0) is 29.9. The molecule has 0 aliphatic heterocycles. The van der Waals surface area contributed by atoms with Gasteiger partial charge < -0.3 is 29.6 Å². The Bertz CT molecular complexity index is 1400. The van der Waals surface area contributed by atoms with E-state index in [0.717, 1.165) is 22.3 Å². The number of hydrogen-bond acceptors (Lipinski definition) is 9. The van der Waals surface area contributed by atoms with E-state index in [2.05, 4.69) is 17.2 Å². The number of nitro groups is 1. The Balaban J connectivity index is 1.24.